The third-order valence-corrected chi connectivity index (χ3v) is 3.41. The number of rotatable bonds is 5. The molecule has 1 aliphatic heterocycles. The predicted octanol–water partition coefficient (Wildman–Crippen LogP) is 2.01. The van der Waals surface area contributed by atoms with Gasteiger partial charge in [-0.15, -0.1) is 0 Å². The van der Waals surface area contributed by atoms with E-state index < -0.39 is 0 Å². The molecule has 0 aliphatic carbocycles. The first-order valence-corrected chi connectivity index (χ1v) is 6.04. The van der Waals surface area contributed by atoms with E-state index in [0.29, 0.717) is 13.2 Å². The summed E-state index contributed by atoms with van der Waals surface area (Å²) in [4.78, 5) is 13.1. The van der Waals surface area contributed by atoms with Gasteiger partial charge in [-0.05, 0) is 17.7 Å². The molecule has 1 heterocycles. The lowest BCUT2D eigenvalue weighted by molar-refractivity contribution is 0.160. The van der Waals surface area contributed by atoms with Crippen LogP contribution in [0, 0.1) is 10.7 Å². The van der Waals surface area contributed by atoms with Gasteiger partial charge >= 0.3 is 0 Å². The summed E-state index contributed by atoms with van der Waals surface area (Å²) in [5.74, 6) is -0.205. The van der Waals surface area contributed by atoms with Gasteiger partial charge in [-0.3, -0.25) is 4.90 Å². The van der Waals surface area contributed by atoms with Gasteiger partial charge < -0.3 is 4.74 Å². The second kappa shape index (κ2) is 6.02. The lowest BCUT2D eigenvalue weighted by Gasteiger charge is -2.15. The van der Waals surface area contributed by atoms with Gasteiger partial charge in [-0.25, -0.2) is 4.39 Å². The molecule has 2 atom stereocenters. The van der Waals surface area contributed by atoms with Crippen LogP contribution in [-0.2, 0) is 4.74 Å². The average Bonchev–Trinajstić information content (AvgIpc) is 2.80. The van der Waals surface area contributed by atoms with E-state index in [2.05, 4.69) is 10.1 Å². The minimum atomic E-state index is -0.261. The number of halogens is 1. The van der Waals surface area contributed by atoms with Crippen LogP contribution in [-0.4, -0.2) is 44.3 Å². The van der Waals surface area contributed by atoms with Gasteiger partial charge in [0.1, 0.15) is 11.9 Å². The molecular formula is C13H17FN2O2. The molecule has 0 radical (unpaired) electrons. The number of likely N-dealkylation sites (tertiary alicyclic amines) is 1. The highest BCUT2D eigenvalue weighted by Gasteiger charge is 2.34. The molecular weight excluding hydrogens is 235 g/mol. The summed E-state index contributed by atoms with van der Waals surface area (Å²) < 4.78 is 17.9. The zero-order valence-corrected chi connectivity index (χ0v) is 10.4. The lowest BCUT2D eigenvalue weighted by atomic mass is 9.95. The molecule has 98 valence electrons. The van der Waals surface area contributed by atoms with Crippen LogP contribution in [0.2, 0.25) is 0 Å². The fraction of sp³-hybridized carbons (Fsp3) is 0.538. The molecule has 0 aromatic heterocycles. The second-order valence-electron chi connectivity index (χ2n) is 4.58. The number of methoxy groups -OCH3 is 1. The molecule has 2 unspecified atom stereocenters. The quantitative estimate of drug-likeness (QED) is 0.753. The molecule has 0 N–H and O–H groups in total. The van der Waals surface area contributed by atoms with E-state index >= 15 is 0 Å². The number of nitrogens with zero attached hydrogens (tertiary/aromatic N) is 2. The van der Waals surface area contributed by atoms with E-state index in [4.69, 9.17) is 4.74 Å². The summed E-state index contributed by atoms with van der Waals surface area (Å²) in [6, 6.07) is 6.06. The Hall–Kier alpha value is -1.33. The summed E-state index contributed by atoms with van der Waals surface area (Å²) in [5.41, 5.74) is 0.973. The summed E-state index contributed by atoms with van der Waals surface area (Å²) in [7, 11) is 1.66. The van der Waals surface area contributed by atoms with Crippen LogP contribution < -0.4 is 0 Å². The molecule has 5 heteroatoms. The van der Waals surface area contributed by atoms with E-state index in [1.807, 2.05) is 0 Å². The highest BCUT2D eigenvalue weighted by atomic mass is 19.1. The highest BCUT2D eigenvalue weighted by Crippen LogP contribution is 2.29. The molecule has 2 rings (SSSR count). The van der Waals surface area contributed by atoms with Gasteiger partial charge in [0.05, 0.1) is 6.61 Å². The van der Waals surface area contributed by atoms with E-state index in [1.165, 1.54) is 12.1 Å². The van der Waals surface area contributed by atoms with Gasteiger partial charge in [0.2, 0.25) is 0 Å². The van der Waals surface area contributed by atoms with Gasteiger partial charge in [0.25, 0.3) is 0 Å². The van der Waals surface area contributed by atoms with Crippen LogP contribution in [0.25, 0.3) is 0 Å². The summed E-state index contributed by atoms with van der Waals surface area (Å²) in [6.07, 6.45) is 0. The maximum Gasteiger partial charge on any atom is 0.123 e. The third-order valence-electron chi connectivity index (χ3n) is 3.41. The minimum absolute atomic E-state index is 0.0555. The first-order chi connectivity index (χ1) is 8.74. The smallest absolute Gasteiger partial charge is 0.123 e. The van der Waals surface area contributed by atoms with Crippen molar-refractivity contribution >= 4 is 0 Å². The van der Waals surface area contributed by atoms with Crippen LogP contribution in [0.1, 0.15) is 11.5 Å². The number of benzene rings is 1. The first kappa shape index (κ1) is 13.1. The Bertz CT molecular complexity index is 396. The summed E-state index contributed by atoms with van der Waals surface area (Å²) in [6.45, 7) is 2.85. The van der Waals surface area contributed by atoms with E-state index in [0.717, 1.165) is 18.7 Å². The van der Waals surface area contributed by atoms with Gasteiger partial charge in [-0.2, -0.15) is 4.91 Å². The Kier molecular flexibility index (Phi) is 4.38. The largest absolute Gasteiger partial charge is 0.383 e. The number of ether oxygens (including phenoxy) is 1. The Balaban J connectivity index is 2.06. The minimum Gasteiger partial charge on any atom is -0.383 e. The van der Waals surface area contributed by atoms with Crippen molar-refractivity contribution in [3.8, 4) is 0 Å². The Morgan fingerprint density at radius 1 is 1.39 bits per heavy atom. The Morgan fingerprint density at radius 2 is 2.11 bits per heavy atom. The zero-order chi connectivity index (χ0) is 13.0. The molecule has 0 saturated carbocycles. The number of hydrogen-bond donors (Lipinski definition) is 0. The predicted molar refractivity (Wildman–Crippen MR) is 67.0 cm³/mol. The molecule has 1 aromatic rings. The van der Waals surface area contributed by atoms with Gasteiger partial charge in [0, 0.05) is 32.7 Å². The second-order valence-corrected chi connectivity index (χ2v) is 4.58. The molecule has 1 aliphatic rings. The molecule has 0 amide bonds. The first-order valence-electron chi connectivity index (χ1n) is 6.04. The fourth-order valence-corrected chi connectivity index (χ4v) is 2.41. The van der Waals surface area contributed by atoms with Crippen molar-refractivity contribution in [3.05, 3.63) is 40.6 Å². The van der Waals surface area contributed by atoms with Crippen molar-refractivity contribution in [3.63, 3.8) is 0 Å². The molecule has 4 nitrogen and oxygen atoms in total. The molecule has 0 bridgehead atoms. The van der Waals surface area contributed by atoms with Crippen LogP contribution in [0.4, 0.5) is 4.39 Å². The van der Waals surface area contributed by atoms with Gasteiger partial charge in [-0.1, -0.05) is 17.3 Å². The van der Waals surface area contributed by atoms with Crippen molar-refractivity contribution in [2.24, 2.45) is 5.18 Å². The van der Waals surface area contributed by atoms with Crippen LogP contribution >= 0.6 is 0 Å². The maximum absolute atomic E-state index is 12.9. The Labute approximate surface area is 106 Å². The third kappa shape index (κ3) is 2.91. The van der Waals surface area contributed by atoms with Crippen molar-refractivity contribution in [1.29, 1.82) is 0 Å². The molecule has 18 heavy (non-hydrogen) atoms. The Morgan fingerprint density at radius 3 is 2.72 bits per heavy atom. The normalized spacial score (nSPS) is 24.3. The molecule has 1 saturated heterocycles. The van der Waals surface area contributed by atoms with Crippen molar-refractivity contribution in [1.82, 2.24) is 4.90 Å². The zero-order valence-electron chi connectivity index (χ0n) is 10.4. The fourth-order valence-electron chi connectivity index (χ4n) is 2.41. The average molecular weight is 252 g/mol. The lowest BCUT2D eigenvalue weighted by Crippen LogP contribution is -2.25. The van der Waals surface area contributed by atoms with Crippen molar-refractivity contribution in [2.45, 2.75) is 12.0 Å². The van der Waals surface area contributed by atoms with Crippen LogP contribution in [0.15, 0.2) is 29.4 Å². The van der Waals surface area contributed by atoms with E-state index in [1.54, 1.807) is 19.2 Å². The summed E-state index contributed by atoms with van der Waals surface area (Å²) in [5, 5.41) is 3.20. The van der Waals surface area contributed by atoms with E-state index in [9.17, 15) is 9.30 Å². The van der Waals surface area contributed by atoms with Crippen LogP contribution in [0.5, 0.6) is 0 Å². The number of hydrogen-bond acceptors (Lipinski definition) is 4. The molecule has 1 fully saturated rings. The topological polar surface area (TPSA) is 41.9 Å². The maximum atomic E-state index is 12.9. The molecule has 0 spiro atoms. The van der Waals surface area contributed by atoms with Crippen molar-refractivity contribution < 1.29 is 9.13 Å². The monoisotopic (exact) mass is 252 g/mol. The SMILES string of the molecule is COCCN1CC(N=O)C(c2ccc(F)cc2)C1. The van der Waals surface area contributed by atoms with E-state index in [-0.39, 0.29) is 17.8 Å². The highest BCUT2D eigenvalue weighted by molar-refractivity contribution is 5.24. The van der Waals surface area contributed by atoms with Crippen LogP contribution in [0.3, 0.4) is 0 Å². The van der Waals surface area contributed by atoms with Gasteiger partial charge in [0.15, 0.2) is 0 Å². The molecule has 1 aromatic carbocycles. The standard InChI is InChI=1S/C13H17FN2O2/c1-18-7-6-16-8-12(13(9-16)15-17)10-2-4-11(14)5-3-10/h2-5,12-13H,6-9H2,1H3. The van der Waals surface area contributed by atoms with Crippen molar-refractivity contribution in [2.75, 3.05) is 33.4 Å². The summed E-state index contributed by atoms with van der Waals surface area (Å²) >= 11 is 0. The number of nitroso groups, excluding NO2 is 1.